The summed E-state index contributed by atoms with van der Waals surface area (Å²) in [5.74, 6) is 1.31. The number of nitrogens with one attached hydrogen (secondary N) is 1. The molecule has 0 saturated heterocycles. The van der Waals surface area contributed by atoms with Crippen molar-refractivity contribution in [2.45, 2.75) is 12.5 Å². The van der Waals surface area contributed by atoms with Gasteiger partial charge in [-0.2, -0.15) is 0 Å². The first-order valence-electron chi connectivity index (χ1n) is 9.11. The Morgan fingerprint density at radius 3 is 2.76 bits per heavy atom. The van der Waals surface area contributed by atoms with Gasteiger partial charge in [-0.1, -0.05) is 23.7 Å². The number of carbonyl (C=O) groups excluding carboxylic acids is 1. The van der Waals surface area contributed by atoms with E-state index in [2.05, 4.69) is 10.3 Å². The Hall–Kier alpha value is -3.25. The molecule has 1 atom stereocenters. The van der Waals surface area contributed by atoms with Crippen LogP contribution >= 0.6 is 11.6 Å². The second-order valence-electron chi connectivity index (χ2n) is 6.75. The van der Waals surface area contributed by atoms with Crippen LogP contribution in [0.1, 0.15) is 23.0 Å². The van der Waals surface area contributed by atoms with Crippen molar-refractivity contribution in [3.63, 3.8) is 0 Å². The molecule has 1 unspecified atom stereocenters. The Bertz CT molecular complexity index is 1150. The van der Waals surface area contributed by atoms with Gasteiger partial charge in [0.05, 0.1) is 19.8 Å². The summed E-state index contributed by atoms with van der Waals surface area (Å²) in [6, 6.07) is 12.5. The fourth-order valence-electron chi connectivity index (χ4n) is 3.32. The molecule has 2 aromatic carbocycles. The number of aromatic nitrogens is 2. The Labute approximate surface area is 173 Å². The number of benzene rings is 2. The Balaban J connectivity index is 1.58. The number of hydrogen-bond donors (Lipinski definition) is 1. The van der Waals surface area contributed by atoms with Gasteiger partial charge in [-0.3, -0.25) is 4.79 Å². The second-order valence-corrected chi connectivity index (χ2v) is 7.18. The van der Waals surface area contributed by atoms with Crippen LogP contribution in [-0.4, -0.2) is 22.6 Å². The van der Waals surface area contributed by atoms with E-state index in [4.69, 9.17) is 20.8 Å². The fraction of sp³-hybridized carbons (Fsp3) is 0.182. The van der Waals surface area contributed by atoms with Gasteiger partial charge in [0.2, 0.25) is 5.91 Å². The standard InChI is InChI=1S/C22H20ClN3O3/c1-26-10-9-24-22(26)21(14-3-5-16(23)6-4-14)25-20(27)11-15-13-29-19-12-17(28-2)7-8-18(15)19/h3-10,12-13,21H,11H2,1-2H3,(H,25,27). The van der Waals surface area contributed by atoms with Crippen molar-refractivity contribution in [2.75, 3.05) is 7.11 Å². The molecular formula is C22H20ClN3O3. The molecule has 148 valence electrons. The number of nitrogens with zero attached hydrogens (tertiary/aromatic N) is 2. The predicted molar refractivity (Wildman–Crippen MR) is 111 cm³/mol. The summed E-state index contributed by atoms with van der Waals surface area (Å²) in [5.41, 5.74) is 2.40. The van der Waals surface area contributed by atoms with Crippen LogP contribution in [0.3, 0.4) is 0 Å². The van der Waals surface area contributed by atoms with Crippen LogP contribution in [0.15, 0.2) is 65.5 Å². The highest BCUT2D eigenvalue weighted by Gasteiger charge is 2.21. The highest BCUT2D eigenvalue weighted by atomic mass is 35.5. The van der Waals surface area contributed by atoms with E-state index in [9.17, 15) is 4.79 Å². The molecule has 2 aromatic heterocycles. The number of furan rings is 1. The number of hydrogen-bond acceptors (Lipinski definition) is 4. The summed E-state index contributed by atoms with van der Waals surface area (Å²) in [7, 11) is 3.50. The number of ether oxygens (including phenoxy) is 1. The molecule has 0 aliphatic carbocycles. The van der Waals surface area contributed by atoms with Gasteiger partial charge in [-0.25, -0.2) is 4.98 Å². The molecule has 0 aliphatic heterocycles. The number of halogens is 1. The topological polar surface area (TPSA) is 69.3 Å². The van der Waals surface area contributed by atoms with Gasteiger partial charge in [0, 0.05) is 41.5 Å². The van der Waals surface area contributed by atoms with Crippen molar-refractivity contribution in [1.82, 2.24) is 14.9 Å². The maximum absolute atomic E-state index is 12.9. The van der Waals surface area contributed by atoms with Crippen molar-refractivity contribution in [1.29, 1.82) is 0 Å². The number of methoxy groups -OCH3 is 1. The Kier molecular flexibility index (Phi) is 5.27. The van der Waals surface area contributed by atoms with Gasteiger partial charge < -0.3 is 19.0 Å². The third-order valence-electron chi connectivity index (χ3n) is 4.84. The summed E-state index contributed by atoms with van der Waals surface area (Å²) in [5, 5.41) is 4.62. The normalized spacial score (nSPS) is 12.1. The lowest BCUT2D eigenvalue weighted by Crippen LogP contribution is -2.32. The lowest BCUT2D eigenvalue weighted by atomic mass is 10.0. The molecular weight excluding hydrogens is 390 g/mol. The van der Waals surface area contributed by atoms with Crippen molar-refractivity contribution < 1.29 is 13.9 Å². The van der Waals surface area contributed by atoms with Crippen LogP contribution in [0.4, 0.5) is 0 Å². The summed E-state index contributed by atoms with van der Waals surface area (Å²) >= 11 is 6.02. The number of carbonyl (C=O) groups is 1. The van der Waals surface area contributed by atoms with E-state index in [0.717, 1.165) is 22.3 Å². The zero-order chi connectivity index (χ0) is 20.4. The molecule has 0 radical (unpaired) electrons. The van der Waals surface area contributed by atoms with Crippen molar-refractivity contribution in [3.05, 3.63) is 83.1 Å². The molecule has 6 nitrogen and oxygen atoms in total. The van der Waals surface area contributed by atoms with Gasteiger partial charge in [-0.15, -0.1) is 0 Å². The van der Waals surface area contributed by atoms with Gasteiger partial charge in [0.1, 0.15) is 23.2 Å². The van der Waals surface area contributed by atoms with Gasteiger partial charge in [0.25, 0.3) is 0 Å². The van der Waals surface area contributed by atoms with Crippen molar-refractivity contribution in [3.8, 4) is 5.75 Å². The van der Waals surface area contributed by atoms with Crippen LogP contribution in [0.5, 0.6) is 5.75 Å². The third kappa shape index (κ3) is 3.98. The van der Waals surface area contributed by atoms with Crippen LogP contribution in [0.25, 0.3) is 11.0 Å². The van der Waals surface area contributed by atoms with E-state index in [1.165, 1.54) is 0 Å². The fourth-order valence-corrected chi connectivity index (χ4v) is 3.45. The Morgan fingerprint density at radius 1 is 1.28 bits per heavy atom. The lowest BCUT2D eigenvalue weighted by Gasteiger charge is -2.19. The third-order valence-corrected chi connectivity index (χ3v) is 5.09. The molecule has 2 heterocycles. The molecule has 0 aliphatic rings. The summed E-state index contributed by atoms with van der Waals surface area (Å²) in [6.45, 7) is 0. The van der Waals surface area contributed by atoms with E-state index in [0.29, 0.717) is 16.4 Å². The van der Waals surface area contributed by atoms with Crippen molar-refractivity contribution >= 4 is 28.5 Å². The molecule has 1 N–H and O–H groups in total. The van der Waals surface area contributed by atoms with E-state index in [1.54, 1.807) is 37.8 Å². The number of fused-ring (bicyclic) bond motifs is 1. The molecule has 0 saturated carbocycles. The number of amides is 1. The minimum absolute atomic E-state index is 0.133. The van der Waals surface area contributed by atoms with Gasteiger partial charge in [-0.05, 0) is 29.8 Å². The smallest absolute Gasteiger partial charge is 0.225 e. The molecule has 4 aromatic rings. The number of imidazole rings is 1. The van der Waals surface area contributed by atoms with E-state index < -0.39 is 6.04 Å². The van der Waals surface area contributed by atoms with E-state index in [1.807, 2.05) is 42.1 Å². The first kappa shape index (κ1) is 19.1. The molecule has 0 spiro atoms. The summed E-state index contributed by atoms with van der Waals surface area (Å²) in [4.78, 5) is 17.3. The summed E-state index contributed by atoms with van der Waals surface area (Å²) in [6.07, 6.45) is 5.36. The van der Waals surface area contributed by atoms with Crippen LogP contribution in [0.2, 0.25) is 5.02 Å². The maximum Gasteiger partial charge on any atom is 0.225 e. The van der Waals surface area contributed by atoms with E-state index in [-0.39, 0.29) is 12.3 Å². The highest BCUT2D eigenvalue weighted by Crippen LogP contribution is 2.27. The SMILES string of the molecule is COc1ccc2c(CC(=O)NC(c3ccc(Cl)cc3)c3nccn3C)coc2c1. The molecule has 1 amide bonds. The Morgan fingerprint density at radius 2 is 2.07 bits per heavy atom. The lowest BCUT2D eigenvalue weighted by molar-refractivity contribution is -0.121. The zero-order valence-corrected chi connectivity index (χ0v) is 16.8. The quantitative estimate of drug-likeness (QED) is 0.516. The molecule has 0 fully saturated rings. The molecule has 7 heteroatoms. The number of aryl methyl sites for hydroxylation is 1. The van der Waals surface area contributed by atoms with Gasteiger partial charge in [0.15, 0.2) is 0 Å². The minimum Gasteiger partial charge on any atom is -0.497 e. The maximum atomic E-state index is 12.9. The minimum atomic E-state index is -0.391. The second kappa shape index (κ2) is 8.01. The zero-order valence-electron chi connectivity index (χ0n) is 16.1. The highest BCUT2D eigenvalue weighted by molar-refractivity contribution is 6.30. The van der Waals surface area contributed by atoms with Crippen molar-refractivity contribution in [2.24, 2.45) is 7.05 Å². The average Bonchev–Trinajstić information content (AvgIpc) is 3.32. The van der Waals surface area contributed by atoms with Crippen LogP contribution in [-0.2, 0) is 18.3 Å². The van der Waals surface area contributed by atoms with Crippen LogP contribution in [0, 0.1) is 0 Å². The largest absolute Gasteiger partial charge is 0.497 e. The molecule has 4 rings (SSSR count). The monoisotopic (exact) mass is 409 g/mol. The van der Waals surface area contributed by atoms with Crippen LogP contribution < -0.4 is 10.1 Å². The first-order valence-corrected chi connectivity index (χ1v) is 9.49. The summed E-state index contributed by atoms with van der Waals surface area (Å²) < 4.78 is 12.7. The molecule has 29 heavy (non-hydrogen) atoms. The number of rotatable bonds is 6. The molecule has 0 bridgehead atoms. The average molecular weight is 410 g/mol. The van der Waals surface area contributed by atoms with Gasteiger partial charge >= 0.3 is 0 Å². The predicted octanol–water partition coefficient (Wildman–Crippen LogP) is 4.28. The first-order chi connectivity index (χ1) is 14.0. The van der Waals surface area contributed by atoms with E-state index >= 15 is 0 Å².